The van der Waals surface area contributed by atoms with Crippen LogP contribution in [0.3, 0.4) is 0 Å². The smallest absolute Gasteiger partial charge is 0.248 e. The standard InChI is InChI=1S/C12H20ClF2NO2/c1-16(7-10(13)8-18-2)11(17)9-3-5-12(14,15)6-4-9/h9-10H,3-8H2,1-2H3. The molecular weight excluding hydrogens is 264 g/mol. The summed E-state index contributed by atoms with van der Waals surface area (Å²) >= 11 is 5.97. The van der Waals surface area contributed by atoms with E-state index in [1.165, 1.54) is 4.90 Å². The van der Waals surface area contributed by atoms with Crippen molar-refractivity contribution in [3.05, 3.63) is 0 Å². The molecule has 0 heterocycles. The highest BCUT2D eigenvalue weighted by atomic mass is 35.5. The van der Waals surface area contributed by atoms with Crippen LogP contribution in [-0.4, -0.2) is 49.4 Å². The maximum Gasteiger partial charge on any atom is 0.248 e. The van der Waals surface area contributed by atoms with Crippen LogP contribution in [0.15, 0.2) is 0 Å². The van der Waals surface area contributed by atoms with E-state index < -0.39 is 5.92 Å². The number of carbonyl (C=O) groups excluding carboxylic acids is 1. The molecule has 6 heteroatoms. The van der Waals surface area contributed by atoms with E-state index in [9.17, 15) is 13.6 Å². The van der Waals surface area contributed by atoms with Gasteiger partial charge in [0.25, 0.3) is 0 Å². The molecule has 0 radical (unpaired) electrons. The lowest BCUT2D eigenvalue weighted by Gasteiger charge is -2.31. The predicted molar refractivity (Wildman–Crippen MR) is 66.1 cm³/mol. The molecule has 106 valence electrons. The summed E-state index contributed by atoms with van der Waals surface area (Å²) in [5.74, 6) is -2.98. The molecule has 0 aromatic carbocycles. The van der Waals surface area contributed by atoms with Gasteiger partial charge >= 0.3 is 0 Å². The zero-order chi connectivity index (χ0) is 13.8. The van der Waals surface area contributed by atoms with Gasteiger partial charge in [0.05, 0.1) is 12.0 Å². The third-order valence-corrected chi connectivity index (χ3v) is 3.53. The van der Waals surface area contributed by atoms with Crippen molar-refractivity contribution < 1.29 is 18.3 Å². The Morgan fingerprint density at radius 3 is 2.56 bits per heavy atom. The number of amides is 1. The van der Waals surface area contributed by atoms with Gasteiger partial charge in [0.15, 0.2) is 0 Å². The normalized spacial score (nSPS) is 21.6. The molecule has 0 N–H and O–H groups in total. The van der Waals surface area contributed by atoms with E-state index >= 15 is 0 Å². The summed E-state index contributed by atoms with van der Waals surface area (Å²) in [6.07, 6.45) is 0.125. The van der Waals surface area contributed by atoms with Crippen molar-refractivity contribution in [2.45, 2.75) is 37.0 Å². The van der Waals surface area contributed by atoms with Crippen molar-refractivity contribution >= 4 is 17.5 Å². The van der Waals surface area contributed by atoms with Gasteiger partial charge in [0.1, 0.15) is 0 Å². The summed E-state index contributed by atoms with van der Waals surface area (Å²) < 4.78 is 30.9. The van der Waals surface area contributed by atoms with Crippen LogP contribution in [0.1, 0.15) is 25.7 Å². The molecule has 0 spiro atoms. The highest BCUT2D eigenvalue weighted by Gasteiger charge is 2.38. The van der Waals surface area contributed by atoms with Crippen LogP contribution < -0.4 is 0 Å². The van der Waals surface area contributed by atoms with Crippen LogP contribution in [0.2, 0.25) is 0 Å². The summed E-state index contributed by atoms with van der Waals surface area (Å²) in [7, 11) is 3.19. The molecule has 18 heavy (non-hydrogen) atoms. The summed E-state index contributed by atoms with van der Waals surface area (Å²) in [6, 6.07) is 0. The minimum absolute atomic E-state index is 0.0905. The van der Waals surface area contributed by atoms with Crippen LogP contribution in [0.5, 0.6) is 0 Å². The minimum atomic E-state index is -2.60. The van der Waals surface area contributed by atoms with Gasteiger partial charge in [-0.15, -0.1) is 11.6 Å². The number of rotatable bonds is 5. The lowest BCUT2D eigenvalue weighted by molar-refractivity contribution is -0.138. The molecule has 1 amide bonds. The fourth-order valence-electron chi connectivity index (χ4n) is 2.22. The topological polar surface area (TPSA) is 29.5 Å². The summed E-state index contributed by atoms with van der Waals surface area (Å²) in [6.45, 7) is 0.739. The van der Waals surface area contributed by atoms with E-state index in [0.29, 0.717) is 13.2 Å². The quantitative estimate of drug-likeness (QED) is 0.726. The molecule has 0 aromatic heterocycles. The fraction of sp³-hybridized carbons (Fsp3) is 0.917. The van der Waals surface area contributed by atoms with E-state index in [0.717, 1.165) is 0 Å². The number of alkyl halides is 3. The second kappa shape index (κ2) is 6.66. The zero-order valence-corrected chi connectivity index (χ0v) is 11.6. The summed E-state index contributed by atoms with van der Waals surface area (Å²) in [4.78, 5) is 13.5. The Morgan fingerprint density at radius 2 is 2.06 bits per heavy atom. The third-order valence-electron chi connectivity index (χ3n) is 3.26. The summed E-state index contributed by atoms with van der Waals surface area (Å²) in [5.41, 5.74) is 0. The van der Waals surface area contributed by atoms with Crippen molar-refractivity contribution in [2.24, 2.45) is 5.92 Å². The van der Waals surface area contributed by atoms with Crippen molar-refractivity contribution in [3.63, 3.8) is 0 Å². The zero-order valence-electron chi connectivity index (χ0n) is 10.8. The molecule has 0 aliphatic heterocycles. The first-order valence-corrected chi connectivity index (χ1v) is 6.55. The van der Waals surface area contributed by atoms with Crippen molar-refractivity contribution in [1.82, 2.24) is 4.90 Å². The maximum absolute atomic E-state index is 13.0. The third kappa shape index (κ3) is 4.69. The van der Waals surface area contributed by atoms with Gasteiger partial charge in [-0.05, 0) is 12.8 Å². The van der Waals surface area contributed by atoms with Crippen molar-refractivity contribution in [1.29, 1.82) is 0 Å². The van der Waals surface area contributed by atoms with Crippen LogP contribution in [0.4, 0.5) is 8.78 Å². The Kier molecular flexibility index (Phi) is 5.79. The first kappa shape index (κ1) is 15.6. The molecule has 1 fully saturated rings. The number of carbonyl (C=O) groups is 1. The molecule has 1 aliphatic rings. The number of ether oxygens (including phenoxy) is 1. The van der Waals surface area contributed by atoms with E-state index in [2.05, 4.69) is 0 Å². The van der Waals surface area contributed by atoms with Gasteiger partial charge in [-0.3, -0.25) is 4.79 Å². The molecule has 1 aliphatic carbocycles. The average Bonchev–Trinajstić information content (AvgIpc) is 2.28. The number of nitrogens with zero attached hydrogens (tertiary/aromatic N) is 1. The van der Waals surface area contributed by atoms with E-state index in [-0.39, 0.29) is 42.9 Å². The number of methoxy groups -OCH3 is 1. The Balaban J connectivity index is 2.40. The molecule has 0 bridgehead atoms. The first-order chi connectivity index (χ1) is 8.35. The summed E-state index contributed by atoms with van der Waals surface area (Å²) in [5, 5.41) is -0.269. The van der Waals surface area contributed by atoms with Gasteiger partial charge in [0, 0.05) is 39.5 Å². The molecule has 0 saturated heterocycles. The average molecular weight is 284 g/mol. The molecule has 1 rings (SSSR count). The van der Waals surface area contributed by atoms with Gasteiger partial charge < -0.3 is 9.64 Å². The van der Waals surface area contributed by atoms with E-state index in [4.69, 9.17) is 16.3 Å². The van der Waals surface area contributed by atoms with Crippen molar-refractivity contribution in [2.75, 3.05) is 27.3 Å². The number of halogens is 3. The van der Waals surface area contributed by atoms with Gasteiger partial charge in [0.2, 0.25) is 11.8 Å². The second-order valence-corrected chi connectivity index (χ2v) is 5.52. The van der Waals surface area contributed by atoms with Gasteiger partial charge in [-0.1, -0.05) is 0 Å². The fourth-order valence-corrected chi connectivity index (χ4v) is 2.55. The van der Waals surface area contributed by atoms with Crippen LogP contribution in [-0.2, 0) is 9.53 Å². The SMILES string of the molecule is COCC(Cl)CN(C)C(=O)C1CCC(F)(F)CC1. The molecule has 3 nitrogen and oxygen atoms in total. The Labute approximate surface area is 111 Å². The highest BCUT2D eigenvalue weighted by Crippen LogP contribution is 2.36. The van der Waals surface area contributed by atoms with Crippen LogP contribution in [0, 0.1) is 5.92 Å². The molecule has 1 saturated carbocycles. The van der Waals surface area contributed by atoms with Gasteiger partial charge in [-0.2, -0.15) is 0 Å². The lowest BCUT2D eigenvalue weighted by Crippen LogP contribution is -2.40. The van der Waals surface area contributed by atoms with Crippen molar-refractivity contribution in [3.8, 4) is 0 Å². The minimum Gasteiger partial charge on any atom is -0.383 e. The molecular formula is C12H20ClF2NO2. The monoisotopic (exact) mass is 283 g/mol. The first-order valence-electron chi connectivity index (χ1n) is 6.11. The molecule has 1 unspecified atom stereocenters. The predicted octanol–water partition coefficient (Wildman–Crippen LogP) is 2.52. The largest absolute Gasteiger partial charge is 0.383 e. The molecule has 1 atom stereocenters. The van der Waals surface area contributed by atoms with Crippen LogP contribution in [0.25, 0.3) is 0 Å². The highest BCUT2D eigenvalue weighted by molar-refractivity contribution is 6.21. The maximum atomic E-state index is 13.0. The molecule has 0 aromatic rings. The lowest BCUT2D eigenvalue weighted by atomic mass is 9.86. The van der Waals surface area contributed by atoms with E-state index in [1.807, 2.05) is 0 Å². The van der Waals surface area contributed by atoms with Gasteiger partial charge in [-0.25, -0.2) is 8.78 Å². The number of hydrogen-bond acceptors (Lipinski definition) is 2. The Bertz CT molecular complexity index is 279. The number of hydrogen-bond donors (Lipinski definition) is 0. The second-order valence-electron chi connectivity index (χ2n) is 4.90. The van der Waals surface area contributed by atoms with E-state index in [1.54, 1.807) is 14.2 Å². The Morgan fingerprint density at radius 1 is 1.50 bits per heavy atom. The van der Waals surface area contributed by atoms with Crippen LogP contribution >= 0.6 is 11.6 Å². The Hall–Kier alpha value is -0.420.